The summed E-state index contributed by atoms with van der Waals surface area (Å²) in [5, 5.41) is 0. The minimum absolute atomic E-state index is 0.0282. The van der Waals surface area contributed by atoms with Crippen molar-refractivity contribution in [2.45, 2.75) is 59.3 Å². The number of aromatic nitrogens is 2. The lowest BCUT2D eigenvalue weighted by Crippen LogP contribution is -2.23. The molecule has 0 aliphatic heterocycles. The van der Waals surface area contributed by atoms with Crippen LogP contribution in [0.5, 0.6) is 5.75 Å². The van der Waals surface area contributed by atoms with Gasteiger partial charge in [-0.3, -0.25) is 0 Å². The quantitative estimate of drug-likeness (QED) is 0.815. The zero-order chi connectivity index (χ0) is 15.1. The maximum absolute atomic E-state index is 5.58. The van der Waals surface area contributed by atoms with E-state index in [0.29, 0.717) is 6.61 Å². The van der Waals surface area contributed by atoms with E-state index in [0.717, 1.165) is 11.4 Å². The lowest BCUT2D eigenvalue weighted by atomic mass is 9.82. The van der Waals surface area contributed by atoms with Crippen LogP contribution in [0, 0.1) is 0 Å². The summed E-state index contributed by atoms with van der Waals surface area (Å²) >= 11 is 0. The lowest BCUT2D eigenvalue weighted by Gasteiger charge is -2.25. The summed E-state index contributed by atoms with van der Waals surface area (Å²) in [4.78, 5) is 4.88. The molecule has 0 fully saturated rings. The second kappa shape index (κ2) is 4.80. The van der Waals surface area contributed by atoms with Gasteiger partial charge in [0.05, 0.1) is 18.0 Å². The van der Waals surface area contributed by atoms with Crippen LogP contribution in [0.4, 0.5) is 0 Å². The molecule has 3 nitrogen and oxygen atoms in total. The van der Waals surface area contributed by atoms with Gasteiger partial charge in [-0.1, -0.05) is 41.5 Å². The normalized spacial score (nSPS) is 12.9. The molecule has 0 saturated carbocycles. The van der Waals surface area contributed by atoms with E-state index in [1.54, 1.807) is 0 Å². The van der Waals surface area contributed by atoms with E-state index in [4.69, 9.17) is 9.72 Å². The van der Waals surface area contributed by atoms with Gasteiger partial charge in [0.2, 0.25) is 0 Å². The van der Waals surface area contributed by atoms with Crippen molar-refractivity contribution < 1.29 is 4.74 Å². The van der Waals surface area contributed by atoms with E-state index in [1.165, 1.54) is 11.4 Å². The number of fused-ring (bicyclic) bond motifs is 1. The molecule has 0 aliphatic rings. The van der Waals surface area contributed by atoms with Gasteiger partial charge in [0.15, 0.2) is 0 Å². The van der Waals surface area contributed by atoms with Crippen molar-refractivity contribution in [3.8, 4) is 5.75 Å². The van der Waals surface area contributed by atoms with Crippen molar-refractivity contribution in [1.29, 1.82) is 0 Å². The van der Waals surface area contributed by atoms with Gasteiger partial charge >= 0.3 is 0 Å². The van der Waals surface area contributed by atoms with Crippen LogP contribution < -0.4 is 4.74 Å². The number of hydrogen-bond acceptors (Lipinski definition) is 2. The molecule has 0 unspecified atom stereocenters. The summed E-state index contributed by atoms with van der Waals surface area (Å²) in [5.74, 6) is 0.880. The third-order valence-electron chi connectivity index (χ3n) is 3.33. The Balaban J connectivity index is 2.73. The Bertz CT molecular complexity index is 612. The second-order valence-corrected chi connectivity index (χ2v) is 7.33. The summed E-state index contributed by atoms with van der Waals surface area (Å²) in [5.41, 5.74) is 3.49. The van der Waals surface area contributed by atoms with Gasteiger partial charge in [0, 0.05) is 23.1 Å². The molecule has 2 aromatic heterocycles. The van der Waals surface area contributed by atoms with Gasteiger partial charge in [0.1, 0.15) is 11.4 Å². The van der Waals surface area contributed by atoms with E-state index < -0.39 is 0 Å². The highest BCUT2D eigenvalue weighted by Crippen LogP contribution is 2.34. The van der Waals surface area contributed by atoms with E-state index in [2.05, 4.69) is 52.1 Å². The Morgan fingerprint density at radius 1 is 1.10 bits per heavy atom. The highest BCUT2D eigenvalue weighted by Gasteiger charge is 2.30. The molecule has 110 valence electrons. The van der Waals surface area contributed by atoms with Crippen molar-refractivity contribution >= 4 is 5.65 Å². The van der Waals surface area contributed by atoms with Gasteiger partial charge in [-0.05, 0) is 13.0 Å². The first-order valence-electron chi connectivity index (χ1n) is 7.30. The number of hydrogen-bond donors (Lipinski definition) is 0. The summed E-state index contributed by atoms with van der Waals surface area (Å²) in [7, 11) is 0. The van der Waals surface area contributed by atoms with E-state index in [-0.39, 0.29) is 10.8 Å². The highest BCUT2D eigenvalue weighted by molar-refractivity contribution is 5.50. The average molecular weight is 274 g/mol. The average Bonchev–Trinajstić information content (AvgIpc) is 2.67. The first-order valence-corrected chi connectivity index (χ1v) is 7.30. The summed E-state index contributed by atoms with van der Waals surface area (Å²) in [6.45, 7) is 16.0. The predicted octanol–water partition coefficient (Wildman–Crippen LogP) is 4.33. The molecule has 2 heterocycles. The lowest BCUT2D eigenvalue weighted by molar-refractivity contribution is 0.340. The molecule has 0 spiro atoms. The number of ether oxygens (including phenoxy) is 1. The fourth-order valence-electron chi connectivity index (χ4n) is 2.52. The molecule has 2 aromatic rings. The number of rotatable bonds is 2. The minimum atomic E-state index is 0.0282. The zero-order valence-electron chi connectivity index (χ0n) is 13.7. The molecule has 2 rings (SSSR count). The smallest absolute Gasteiger partial charge is 0.140 e. The molecule has 0 radical (unpaired) electrons. The van der Waals surface area contributed by atoms with E-state index in [1.807, 2.05) is 19.1 Å². The van der Waals surface area contributed by atoms with Gasteiger partial charge < -0.3 is 9.14 Å². The molecule has 0 aliphatic carbocycles. The monoisotopic (exact) mass is 274 g/mol. The first kappa shape index (κ1) is 14.9. The van der Waals surface area contributed by atoms with Crippen molar-refractivity contribution in [2.24, 2.45) is 0 Å². The zero-order valence-corrected chi connectivity index (χ0v) is 13.7. The van der Waals surface area contributed by atoms with Crippen LogP contribution in [-0.4, -0.2) is 16.0 Å². The molecule has 0 atom stereocenters. The Labute approximate surface area is 122 Å². The third kappa shape index (κ3) is 2.67. The van der Waals surface area contributed by atoms with Crippen molar-refractivity contribution in [1.82, 2.24) is 9.38 Å². The van der Waals surface area contributed by atoms with Gasteiger partial charge in [-0.15, -0.1) is 0 Å². The molecule has 0 bridgehead atoms. The van der Waals surface area contributed by atoms with Gasteiger partial charge in [-0.25, -0.2) is 4.98 Å². The Hall–Kier alpha value is -1.51. The molecular formula is C17H26N2O. The van der Waals surface area contributed by atoms with Gasteiger partial charge in [-0.2, -0.15) is 0 Å². The molecular weight excluding hydrogens is 248 g/mol. The minimum Gasteiger partial charge on any atom is -0.494 e. The Morgan fingerprint density at radius 3 is 2.25 bits per heavy atom. The Kier molecular flexibility index (Phi) is 3.57. The maximum atomic E-state index is 5.58. The van der Waals surface area contributed by atoms with Crippen LogP contribution in [0.1, 0.15) is 59.9 Å². The fourth-order valence-corrected chi connectivity index (χ4v) is 2.52. The SMILES string of the molecule is CCOc1ccn2c(C(C)(C)C)c(C(C)(C)C)nc2c1. The van der Waals surface area contributed by atoms with E-state index in [9.17, 15) is 0 Å². The molecule has 0 N–H and O–H groups in total. The topological polar surface area (TPSA) is 26.5 Å². The van der Waals surface area contributed by atoms with Crippen LogP contribution >= 0.6 is 0 Å². The molecule has 20 heavy (non-hydrogen) atoms. The van der Waals surface area contributed by atoms with Crippen LogP contribution in [0.2, 0.25) is 0 Å². The van der Waals surface area contributed by atoms with Crippen LogP contribution in [-0.2, 0) is 10.8 Å². The number of imidazole rings is 1. The highest BCUT2D eigenvalue weighted by atomic mass is 16.5. The molecule has 0 saturated heterocycles. The third-order valence-corrected chi connectivity index (χ3v) is 3.33. The summed E-state index contributed by atoms with van der Waals surface area (Å²) < 4.78 is 7.78. The number of nitrogens with zero attached hydrogens (tertiary/aromatic N) is 2. The second-order valence-electron chi connectivity index (χ2n) is 7.33. The molecule has 0 aromatic carbocycles. The predicted molar refractivity (Wildman–Crippen MR) is 83.8 cm³/mol. The largest absolute Gasteiger partial charge is 0.494 e. The van der Waals surface area contributed by atoms with Gasteiger partial charge in [0.25, 0.3) is 0 Å². The van der Waals surface area contributed by atoms with E-state index >= 15 is 0 Å². The maximum Gasteiger partial charge on any atom is 0.140 e. The van der Waals surface area contributed by atoms with Crippen molar-refractivity contribution in [2.75, 3.05) is 6.61 Å². The van der Waals surface area contributed by atoms with Crippen LogP contribution in [0.3, 0.4) is 0 Å². The summed E-state index contributed by atoms with van der Waals surface area (Å²) in [6, 6.07) is 4.04. The number of pyridine rings is 1. The summed E-state index contributed by atoms with van der Waals surface area (Å²) in [6.07, 6.45) is 2.07. The van der Waals surface area contributed by atoms with Crippen LogP contribution in [0.25, 0.3) is 5.65 Å². The van der Waals surface area contributed by atoms with Crippen LogP contribution in [0.15, 0.2) is 18.3 Å². The Morgan fingerprint density at radius 2 is 1.75 bits per heavy atom. The molecule has 3 heteroatoms. The van der Waals surface area contributed by atoms with Crippen molar-refractivity contribution in [3.05, 3.63) is 29.7 Å². The van der Waals surface area contributed by atoms with Crippen molar-refractivity contribution in [3.63, 3.8) is 0 Å². The standard InChI is InChI=1S/C17H26N2O/c1-8-20-12-9-10-19-13(11-12)18-14(16(2,3)4)15(19)17(5,6)7/h9-11H,8H2,1-7H3. The first-order chi connectivity index (χ1) is 9.14. The molecule has 0 amide bonds. The fraction of sp³-hybridized carbons (Fsp3) is 0.588.